The molecule has 1 spiro atoms. The molecule has 154 valence electrons. The van der Waals surface area contributed by atoms with Crippen LogP contribution in [0.1, 0.15) is 40.2 Å². The fourth-order valence-corrected chi connectivity index (χ4v) is 4.59. The molecule has 30 heavy (non-hydrogen) atoms. The number of fused-ring (bicyclic) bond motifs is 2. The van der Waals surface area contributed by atoms with Crippen molar-refractivity contribution in [1.82, 2.24) is 19.4 Å². The molecule has 4 heterocycles. The van der Waals surface area contributed by atoms with Crippen molar-refractivity contribution in [2.24, 2.45) is 7.05 Å². The fourth-order valence-electron chi connectivity index (χ4n) is 4.59. The van der Waals surface area contributed by atoms with E-state index in [4.69, 9.17) is 9.72 Å². The molecule has 0 N–H and O–H groups in total. The SMILES string of the molecule is Cc1c(C(=O)N2CCC3(CC2)OCCc2cnc(-c4ccccc4)nc23)ccn1C. The van der Waals surface area contributed by atoms with Gasteiger partial charge in [-0.2, -0.15) is 0 Å². The maximum absolute atomic E-state index is 13.0. The Morgan fingerprint density at radius 3 is 2.60 bits per heavy atom. The number of carbonyl (C=O) groups is 1. The van der Waals surface area contributed by atoms with Crippen LogP contribution in [-0.4, -0.2) is 45.0 Å². The highest BCUT2D eigenvalue weighted by molar-refractivity contribution is 5.95. The third-order valence-electron chi connectivity index (χ3n) is 6.55. The van der Waals surface area contributed by atoms with Crippen molar-refractivity contribution in [3.63, 3.8) is 0 Å². The topological polar surface area (TPSA) is 60.3 Å². The van der Waals surface area contributed by atoms with Gasteiger partial charge in [0.25, 0.3) is 5.91 Å². The van der Waals surface area contributed by atoms with E-state index in [0.717, 1.165) is 47.6 Å². The molecule has 6 nitrogen and oxygen atoms in total. The van der Waals surface area contributed by atoms with Crippen LogP contribution >= 0.6 is 0 Å². The van der Waals surface area contributed by atoms with Crippen molar-refractivity contribution in [3.05, 3.63) is 71.3 Å². The van der Waals surface area contributed by atoms with E-state index in [1.807, 2.05) is 72.2 Å². The average Bonchev–Trinajstić information content (AvgIpc) is 3.13. The number of aromatic nitrogens is 3. The Hall–Kier alpha value is -2.99. The number of aryl methyl sites for hydroxylation is 1. The normalized spacial score (nSPS) is 17.7. The molecule has 0 atom stereocenters. The molecule has 0 aliphatic carbocycles. The van der Waals surface area contributed by atoms with Crippen LogP contribution < -0.4 is 0 Å². The Labute approximate surface area is 176 Å². The van der Waals surface area contributed by atoms with Crippen molar-refractivity contribution in [1.29, 1.82) is 0 Å². The standard InChI is InChI=1S/C24H26N4O2/c1-17-20(8-12-27(17)2)23(29)28-13-10-24(11-14-28)21-19(9-15-30-24)16-25-22(26-21)18-6-4-3-5-7-18/h3-8,12,16H,9-11,13-15H2,1-2H3. The lowest BCUT2D eigenvalue weighted by atomic mass is 9.83. The number of rotatable bonds is 2. The molecular formula is C24H26N4O2. The van der Waals surface area contributed by atoms with E-state index in [-0.39, 0.29) is 5.91 Å². The summed E-state index contributed by atoms with van der Waals surface area (Å²) in [6.45, 7) is 3.99. The summed E-state index contributed by atoms with van der Waals surface area (Å²) in [6, 6.07) is 12.0. The Balaban J connectivity index is 1.41. The Kier molecular flexibility index (Phi) is 4.66. The summed E-state index contributed by atoms with van der Waals surface area (Å²) in [7, 11) is 1.97. The minimum atomic E-state index is -0.428. The predicted octanol–water partition coefficient (Wildman–Crippen LogP) is 3.49. The molecule has 0 saturated carbocycles. The number of amides is 1. The third kappa shape index (κ3) is 3.12. The molecule has 2 aliphatic rings. The molecular weight excluding hydrogens is 376 g/mol. The van der Waals surface area contributed by atoms with E-state index in [0.29, 0.717) is 19.7 Å². The van der Waals surface area contributed by atoms with Crippen LogP contribution in [0.5, 0.6) is 0 Å². The Morgan fingerprint density at radius 1 is 1.13 bits per heavy atom. The maximum atomic E-state index is 13.0. The molecule has 1 amide bonds. The van der Waals surface area contributed by atoms with Crippen LogP contribution in [0.2, 0.25) is 0 Å². The largest absolute Gasteiger partial charge is 0.368 e. The molecule has 2 aliphatic heterocycles. The van der Waals surface area contributed by atoms with Gasteiger partial charge in [0.2, 0.25) is 0 Å². The van der Waals surface area contributed by atoms with E-state index in [2.05, 4.69) is 4.98 Å². The minimum Gasteiger partial charge on any atom is -0.368 e. The van der Waals surface area contributed by atoms with E-state index in [1.165, 1.54) is 5.56 Å². The molecule has 3 aromatic rings. The second-order valence-corrected chi connectivity index (χ2v) is 8.24. The number of benzene rings is 1. The molecule has 0 unspecified atom stereocenters. The summed E-state index contributed by atoms with van der Waals surface area (Å²) >= 11 is 0. The number of piperidine rings is 1. The first-order valence-corrected chi connectivity index (χ1v) is 10.5. The van der Waals surface area contributed by atoms with Crippen LogP contribution in [0.15, 0.2) is 48.8 Å². The second kappa shape index (κ2) is 7.36. The summed E-state index contributed by atoms with van der Waals surface area (Å²) < 4.78 is 8.34. The van der Waals surface area contributed by atoms with Gasteiger partial charge < -0.3 is 14.2 Å². The number of ether oxygens (including phenoxy) is 1. The van der Waals surface area contributed by atoms with Gasteiger partial charge in [-0.25, -0.2) is 9.97 Å². The summed E-state index contributed by atoms with van der Waals surface area (Å²) in [5.41, 5.74) is 4.54. The van der Waals surface area contributed by atoms with E-state index in [9.17, 15) is 4.79 Å². The molecule has 0 radical (unpaired) electrons. The summed E-state index contributed by atoms with van der Waals surface area (Å²) in [6.07, 6.45) is 6.24. The van der Waals surface area contributed by atoms with Crippen LogP contribution in [-0.2, 0) is 23.8 Å². The van der Waals surface area contributed by atoms with Crippen molar-refractivity contribution in [2.75, 3.05) is 19.7 Å². The molecule has 2 aromatic heterocycles. The van der Waals surface area contributed by atoms with Gasteiger partial charge >= 0.3 is 0 Å². The highest BCUT2D eigenvalue weighted by Gasteiger charge is 2.43. The molecule has 5 rings (SSSR count). The molecule has 1 aromatic carbocycles. The van der Waals surface area contributed by atoms with Gasteiger partial charge in [-0.05, 0) is 37.8 Å². The molecule has 1 fully saturated rings. The van der Waals surface area contributed by atoms with Crippen molar-refractivity contribution in [3.8, 4) is 11.4 Å². The highest BCUT2D eigenvalue weighted by Crippen LogP contribution is 2.41. The summed E-state index contributed by atoms with van der Waals surface area (Å²) in [5.74, 6) is 0.837. The van der Waals surface area contributed by atoms with Crippen LogP contribution in [0.4, 0.5) is 0 Å². The zero-order valence-corrected chi connectivity index (χ0v) is 17.5. The first-order valence-electron chi connectivity index (χ1n) is 10.5. The highest BCUT2D eigenvalue weighted by atomic mass is 16.5. The Bertz CT molecular complexity index is 1080. The molecule has 1 saturated heterocycles. The van der Waals surface area contributed by atoms with Gasteiger partial charge in [-0.3, -0.25) is 4.79 Å². The smallest absolute Gasteiger partial charge is 0.255 e. The van der Waals surface area contributed by atoms with Gasteiger partial charge in [-0.1, -0.05) is 30.3 Å². The molecule has 6 heteroatoms. The summed E-state index contributed by atoms with van der Waals surface area (Å²) in [5, 5.41) is 0. The minimum absolute atomic E-state index is 0.103. The van der Waals surface area contributed by atoms with Crippen LogP contribution in [0.25, 0.3) is 11.4 Å². The maximum Gasteiger partial charge on any atom is 0.255 e. The van der Waals surface area contributed by atoms with Gasteiger partial charge in [0.15, 0.2) is 5.82 Å². The lowest BCUT2D eigenvalue weighted by Crippen LogP contribution is -2.49. The zero-order chi connectivity index (χ0) is 20.7. The number of hydrogen-bond acceptors (Lipinski definition) is 4. The number of hydrogen-bond donors (Lipinski definition) is 0. The van der Waals surface area contributed by atoms with Crippen LogP contribution in [0.3, 0.4) is 0 Å². The second-order valence-electron chi connectivity index (χ2n) is 8.24. The van der Waals surface area contributed by atoms with Gasteiger partial charge in [0, 0.05) is 43.8 Å². The van der Waals surface area contributed by atoms with E-state index in [1.54, 1.807) is 0 Å². The van der Waals surface area contributed by atoms with Crippen molar-refractivity contribution < 1.29 is 9.53 Å². The number of nitrogens with zero attached hydrogens (tertiary/aromatic N) is 4. The average molecular weight is 402 g/mol. The monoisotopic (exact) mass is 402 g/mol. The quantitative estimate of drug-likeness (QED) is 0.658. The van der Waals surface area contributed by atoms with E-state index >= 15 is 0 Å². The zero-order valence-electron chi connectivity index (χ0n) is 17.5. The van der Waals surface area contributed by atoms with Crippen molar-refractivity contribution in [2.45, 2.75) is 31.8 Å². The van der Waals surface area contributed by atoms with Crippen molar-refractivity contribution >= 4 is 5.91 Å². The van der Waals surface area contributed by atoms with Crippen LogP contribution in [0, 0.1) is 6.92 Å². The lowest BCUT2D eigenvalue weighted by molar-refractivity contribution is -0.0967. The van der Waals surface area contributed by atoms with Gasteiger partial charge in [0.05, 0.1) is 17.9 Å². The van der Waals surface area contributed by atoms with Gasteiger partial charge in [0.1, 0.15) is 5.60 Å². The van der Waals surface area contributed by atoms with Gasteiger partial charge in [-0.15, -0.1) is 0 Å². The first-order chi connectivity index (χ1) is 14.6. The van der Waals surface area contributed by atoms with E-state index < -0.39 is 5.60 Å². The third-order valence-corrected chi connectivity index (χ3v) is 6.55. The Morgan fingerprint density at radius 2 is 1.90 bits per heavy atom. The summed E-state index contributed by atoms with van der Waals surface area (Å²) in [4.78, 5) is 24.5. The number of likely N-dealkylation sites (tertiary alicyclic amines) is 1. The first kappa shape index (κ1) is 19.0. The molecule has 0 bridgehead atoms. The number of carbonyl (C=O) groups excluding carboxylic acids is 1. The fraction of sp³-hybridized carbons (Fsp3) is 0.375. The lowest BCUT2D eigenvalue weighted by Gasteiger charge is -2.44. The predicted molar refractivity (Wildman–Crippen MR) is 114 cm³/mol.